The lowest BCUT2D eigenvalue weighted by Gasteiger charge is -2.20. The summed E-state index contributed by atoms with van der Waals surface area (Å²) in [5.74, 6) is -1.97. The van der Waals surface area contributed by atoms with Gasteiger partial charge in [0.2, 0.25) is 11.8 Å². The largest absolute Gasteiger partial charge is 0.516 e. The molecule has 2 aliphatic heterocycles. The van der Waals surface area contributed by atoms with E-state index in [1.54, 1.807) is 60.3 Å². The van der Waals surface area contributed by atoms with Crippen LogP contribution in [-0.4, -0.2) is 80.2 Å². The summed E-state index contributed by atoms with van der Waals surface area (Å²) in [4.78, 5) is 52.8. The van der Waals surface area contributed by atoms with Crippen molar-refractivity contribution in [1.29, 1.82) is 0 Å². The van der Waals surface area contributed by atoms with Gasteiger partial charge in [-0.15, -0.1) is 0 Å². The van der Waals surface area contributed by atoms with Crippen LogP contribution in [-0.2, 0) is 29.2 Å². The summed E-state index contributed by atoms with van der Waals surface area (Å²) in [6.07, 6.45) is 0.459. The van der Waals surface area contributed by atoms with E-state index in [-0.39, 0.29) is 43.6 Å². The van der Waals surface area contributed by atoms with Crippen molar-refractivity contribution < 1.29 is 63.4 Å². The Balaban J connectivity index is 1.34. The quantitative estimate of drug-likeness (QED) is 0.135. The third kappa shape index (κ3) is 9.78. The van der Waals surface area contributed by atoms with E-state index >= 15 is 0 Å². The minimum absolute atomic E-state index is 0.0588. The van der Waals surface area contributed by atoms with Crippen molar-refractivity contribution in [2.45, 2.75) is 49.5 Å². The van der Waals surface area contributed by atoms with Crippen LogP contribution >= 0.6 is 11.9 Å². The Morgan fingerprint density at radius 3 is 1.48 bits per heavy atom. The SMILES string of the molecule is CN1C(=O)C2=C(c3ccc(OCCCCC(=O)NS(=O)(=O)C(F)(F)F)cc3)N(C)C(=O)C2=C1c1ccc(OCCCCC(=O)NSC(F)(F)F)cc1. The van der Waals surface area contributed by atoms with Crippen molar-refractivity contribution in [3.05, 3.63) is 70.8 Å². The zero-order chi connectivity index (χ0) is 38.4. The average Bonchev–Trinajstić information content (AvgIpc) is 3.47. The van der Waals surface area contributed by atoms with E-state index < -0.39 is 63.0 Å². The third-order valence-corrected chi connectivity index (χ3v) is 9.32. The van der Waals surface area contributed by atoms with Gasteiger partial charge in [0.25, 0.3) is 11.8 Å². The van der Waals surface area contributed by atoms with Crippen LogP contribution in [0.2, 0.25) is 0 Å². The van der Waals surface area contributed by atoms with E-state index in [0.29, 0.717) is 46.9 Å². The summed E-state index contributed by atoms with van der Waals surface area (Å²) in [7, 11) is -2.68. The molecular formula is C32H32F6N4O8S2. The topological polar surface area (TPSA) is 151 Å². The number of ether oxygens (including phenoxy) is 2. The maximum Gasteiger partial charge on any atom is 0.516 e. The minimum atomic E-state index is -5.76. The van der Waals surface area contributed by atoms with Gasteiger partial charge < -0.3 is 19.3 Å². The van der Waals surface area contributed by atoms with Crippen molar-refractivity contribution in [3.8, 4) is 11.5 Å². The van der Waals surface area contributed by atoms with E-state index in [1.807, 2.05) is 0 Å². The van der Waals surface area contributed by atoms with E-state index in [9.17, 15) is 53.9 Å². The van der Waals surface area contributed by atoms with Gasteiger partial charge in [0.05, 0.1) is 47.7 Å². The van der Waals surface area contributed by atoms with Crippen LogP contribution in [0.5, 0.6) is 11.5 Å². The van der Waals surface area contributed by atoms with Gasteiger partial charge in [-0.2, -0.15) is 34.8 Å². The Bertz CT molecular complexity index is 1860. The number of hydrogen-bond donors (Lipinski definition) is 2. The molecule has 2 aromatic carbocycles. The first kappa shape index (κ1) is 40.1. The van der Waals surface area contributed by atoms with Crippen molar-refractivity contribution in [1.82, 2.24) is 19.2 Å². The highest BCUT2D eigenvalue weighted by atomic mass is 32.2. The van der Waals surface area contributed by atoms with Crippen LogP contribution in [0.3, 0.4) is 0 Å². The fourth-order valence-corrected chi connectivity index (χ4v) is 6.05. The second kappa shape index (κ2) is 16.3. The van der Waals surface area contributed by atoms with E-state index in [1.165, 1.54) is 16.8 Å². The zero-order valence-electron chi connectivity index (χ0n) is 27.5. The Kier molecular flexibility index (Phi) is 12.6. The molecule has 0 atom stereocenters. The Morgan fingerprint density at radius 1 is 0.692 bits per heavy atom. The fraction of sp³-hybridized carbons (Fsp3) is 0.375. The van der Waals surface area contributed by atoms with Crippen molar-refractivity contribution in [2.75, 3.05) is 27.3 Å². The van der Waals surface area contributed by atoms with E-state index in [4.69, 9.17) is 9.47 Å². The van der Waals surface area contributed by atoms with Gasteiger partial charge in [0, 0.05) is 26.9 Å². The molecule has 2 heterocycles. The lowest BCUT2D eigenvalue weighted by Crippen LogP contribution is -2.40. The van der Waals surface area contributed by atoms with Gasteiger partial charge in [-0.05, 0) is 85.3 Å². The maximum absolute atomic E-state index is 13.5. The molecule has 4 rings (SSSR count). The second-order valence-electron chi connectivity index (χ2n) is 11.4. The summed E-state index contributed by atoms with van der Waals surface area (Å²) in [6, 6.07) is 13.1. The lowest BCUT2D eigenvalue weighted by molar-refractivity contribution is -0.123. The minimum Gasteiger partial charge on any atom is -0.494 e. The molecule has 2 N–H and O–H groups in total. The number of fused-ring (bicyclic) bond motifs is 1. The zero-order valence-corrected chi connectivity index (χ0v) is 29.2. The molecule has 0 bridgehead atoms. The Morgan fingerprint density at radius 2 is 1.10 bits per heavy atom. The highest BCUT2D eigenvalue weighted by Crippen LogP contribution is 2.45. The summed E-state index contributed by atoms with van der Waals surface area (Å²) < 4.78 is 110. The van der Waals surface area contributed by atoms with Gasteiger partial charge >= 0.3 is 21.0 Å². The predicted octanol–water partition coefficient (Wildman–Crippen LogP) is 5.10. The van der Waals surface area contributed by atoms with Crippen molar-refractivity contribution in [3.63, 3.8) is 0 Å². The number of alkyl halides is 6. The van der Waals surface area contributed by atoms with Gasteiger partial charge in [0.15, 0.2) is 0 Å². The molecule has 0 aromatic heterocycles. The molecule has 2 aliphatic rings. The molecule has 282 valence electrons. The Hall–Kier alpha value is -4.72. The van der Waals surface area contributed by atoms with Gasteiger partial charge in [-0.25, -0.2) is 4.72 Å². The molecule has 0 radical (unpaired) electrons. The van der Waals surface area contributed by atoms with Crippen LogP contribution in [0.25, 0.3) is 11.4 Å². The van der Waals surface area contributed by atoms with E-state index in [2.05, 4.69) is 0 Å². The van der Waals surface area contributed by atoms with E-state index in [0.717, 1.165) is 4.72 Å². The number of hydrogen-bond acceptors (Lipinski definition) is 9. The van der Waals surface area contributed by atoms with Crippen molar-refractivity contribution >= 4 is 57.0 Å². The number of likely N-dealkylation sites (N-methyl/N-ethyl adjacent to an activating group) is 2. The number of benzene rings is 2. The number of nitrogens with zero attached hydrogens (tertiary/aromatic N) is 2. The number of amides is 4. The highest BCUT2D eigenvalue weighted by Gasteiger charge is 2.47. The van der Waals surface area contributed by atoms with Crippen LogP contribution in [0.4, 0.5) is 26.3 Å². The number of carbonyl (C=O) groups is 4. The third-order valence-electron chi connectivity index (χ3n) is 7.65. The number of nitrogens with one attached hydrogen (secondary N) is 2. The fourth-order valence-electron chi connectivity index (χ4n) is 5.20. The van der Waals surface area contributed by atoms with Crippen molar-refractivity contribution in [2.24, 2.45) is 0 Å². The number of unbranched alkanes of at least 4 members (excludes halogenated alkanes) is 2. The molecule has 2 aromatic rings. The maximum atomic E-state index is 13.5. The standard InChI is InChI=1S/C32H32F6N4O8S2/c1-41-27(19-9-13-21(14-10-19)49-17-5-3-7-23(43)39-51-31(33,34)35)25-26(30(41)46)28(42(2)29(25)45)20-11-15-22(16-12-20)50-18-6-4-8-24(44)40-52(47,48)32(36,37)38/h9-16H,3-8,17-18H2,1-2H3,(H,39,43)(H,40,44). The molecule has 0 unspecified atom stereocenters. The van der Waals surface area contributed by atoms with Crippen LogP contribution in [0.15, 0.2) is 59.7 Å². The Labute approximate surface area is 298 Å². The monoisotopic (exact) mass is 778 g/mol. The van der Waals surface area contributed by atoms with Gasteiger partial charge in [0.1, 0.15) is 11.5 Å². The van der Waals surface area contributed by atoms with Crippen LogP contribution in [0.1, 0.15) is 49.7 Å². The normalized spacial score (nSPS) is 15.0. The molecule has 0 aliphatic carbocycles. The summed E-state index contributed by atoms with van der Waals surface area (Å²) in [6.45, 7) is 0.275. The summed E-state index contributed by atoms with van der Waals surface area (Å²) in [5.41, 5.74) is -7.84. The molecule has 52 heavy (non-hydrogen) atoms. The molecule has 0 spiro atoms. The lowest BCUT2D eigenvalue weighted by atomic mass is 10.0. The van der Waals surface area contributed by atoms with Gasteiger partial charge in [-0.3, -0.25) is 23.9 Å². The molecule has 0 saturated carbocycles. The van der Waals surface area contributed by atoms with Gasteiger partial charge in [-0.1, -0.05) is 0 Å². The number of halogens is 6. The average molecular weight is 779 g/mol. The summed E-state index contributed by atoms with van der Waals surface area (Å²) >= 11 is -0.606. The molecule has 20 heteroatoms. The number of rotatable bonds is 16. The first-order valence-corrected chi connectivity index (χ1v) is 17.8. The number of carbonyl (C=O) groups excluding carboxylic acids is 4. The predicted molar refractivity (Wildman–Crippen MR) is 176 cm³/mol. The first-order valence-electron chi connectivity index (χ1n) is 15.5. The highest BCUT2D eigenvalue weighted by molar-refractivity contribution is 7.98. The smallest absolute Gasteiger partial charge is 0.494 e. The first-order chi connectivity index (χ1) is 24.3. The molecular weight excluding hydrogens is 746 g/mol. The molecule has 12 nitrogen and oxygen atoms in total. The molecule has 4 amide bonds. The number of sulfonamides is 1. The van der Waals surface area contributed by atoms with Crippen LogP contribution < -0.4 is 18.9 Å². The van der Waals surface area contributed by atoms with Crippen LogP contribution in [0, 0.1) is 0 Å². The summed E-state index contributed by atoms with van der Waals surface area (Å²) in [5, 5.41) is 0. The molecule has 0 fully saturated rings. The second-order valence-corrected chi connectivity index (χ2v) is 13.9. The molecule has 0 saturated heterocycles.